The first-order valence-electron chi connectivity index (χ1n) is 7.14. The van der Waals surface area contributed by atoms with Crippen LogP contribution in [0.4, 0.5) is 11.5 Å². The molecule has 1 amide bonds. The Kier molecular flexibility index (Phi) is 3.37. The van der Waals surface area contributed by atoms with E-state index in [1.165, 1.54) is 5.56 Å². The molecule has 0 saturated heterocycles. The van der Waals surface area contributed by atoms with E-state index < -0.39 is 0 Å². The first-order valence-corrected chi connectivity index (χ1v) is 7.14. The summed E-state index contributed by atoms with van der Waals surface area (Å²) in [6.45, 7) is 2.08. The van der Waals surface area contributed by atoms with E-state index in [1.54, 1.807) is 6.07 Å². The number of para-hydroxylation sites is 1. The van der Waals surface area contributed by atoms with Crippen molar-refractivity contribution in [2.24, 2.45) is 0 Å². The minimum Gasteiger partial charge on any atom is -0.363 e. The predicted octanol–water partition coefficient (Wildman–Crippen LogP) is 2.74. The quantitative estimate of drug-likeness (QED) is 0.849. The highest BCUT2D eigenvalue weighted by atomic mass is 16.2. The third-order valence-corrected chi connectivity index (χ3v) is 3.84. The van der Waals surface area contributed by atoms with Gasteiger partial charge in [-0.05, 0) is 37.1 Å². The van der Waals surface area contributed by atoms with Crippen LogP contribution in [0.3, 0.4) is 0 Å². The molecule has 0 saturated carbocycles. The van der Waals surface area contributed by atoms with E-state index in [4.69, 9.17) is 0 Å². The molecule has 3 rings (SSSR count). The van der Waals surface area contributed by atoms with Gasteiger partial charge >= 0.3 is 0 Å². The average molecular weight is 281 g/mol. The van der Waals surface area contributed by atoms with Crippen molar-refractivity contribution in [3.05, 3.63) is 53.7 Å². The molecule has 1 unspecified atom stereocenters. The lowest BCUT2D eigenvalue weighted by molar-refractivity contribution is 0.0977. The fourth-order valence-electron chi connectivity index (χ4n) is 2.79. The van der Waals surface area contributed by atoms with Gasteiger partial charge < -0.3 is 9.80 Å². The number of carbonyl (C=O) groups excluding carboxylic acids is 1. The molecular formula is C17H19N3O. The monoisotopic (exact) mass is 281 g/mol. The van der Waals surface area contributed by atoms with Gasteiger partial charge in [-0.25, -0.2) is 4.98 Å². The normalized spacial score (nSPS) is 16.7. The van der Waals surface area contributed by atoms with Crippen LogP contribution in [0.25, 0.3) is 0 Å². The Labute approximate surface area is 125 Å². The smallest absolute Gasteiger partial charge is 0.277 e. The fourth-order valence-corrected chi connectivity index (χ4v) is 2.79. The molecule has 0 spiro atoms. The molecule has 0 fully saturated rings. The summed E-state index contributed by atoms with van der Waals surface area (Å²) >= 11 is 0. The zero-order chi connectivity index (χ0) is 15.0. The minimum absolute atomic E-state index is 0.0313. The van der Waals surface area contributed by atoms with Crippen LogP contribution in [0.1, 0.15) is 23.0 Å². The molecule has 4 nitrogen and oxygen atoms in total. The number of anilines is 2. The van der Waals surface area contributed by atoms with Gasteiger partial charge in [-0.3, -0.25) is 4.79 Å². The van der Waals surface area contributed by atoms with Gasteiger partial charge in [0.05, 0.1) is 0 Å². The minimum atomic E-state index is -0.0313. The van der Waals surface area contributed by atoms with Crippen LogP contribution < -0.4 is 9.80 Å². The highest BCUT2D eigenvalue weighted by Gasteiger charge is 2.31. The topological polar surface area (TPSA) is 36.4 Å². The zero-order valence-corrected chi connectivity index (χ0v) is 12.6. The summed E-state index contributed by atoms with van der Waals surface area (Å²) in [6.07, 6.45) is 0.898. The second kappa shape index (κ2) is 5.20. The number of pyridine rings is 1. The van der Waals surface area contributed by atoms with Crippen molar-refractivity contribution >= 4 is 17.4 Å². The van der Waals surface area contributed by atoms with Gasteiger partial charge in [0, 0.05) is 25.8 Å². The van der Waals surface area contributed by atoms with E-state index in [2.05, 4.69) is 18.0 Å². The largest absolute Gasteiger partial charge is 0.363 e. The van der Waals surface area contributed by atoms with Crippen molar-refractivity contribution in [1.82, 2.24) is 4.98 Å². The molecule has 1 aliphatic heterocycles. The Hall–Kier alpha value is -2.36. The fraction of sp³-hybridized carbons (Fsp3) is 0.294. The Morgan fingerprint density at radius 3 is 2.71 bits per heavy atom. The van der Waals surface area contributed by atoms with E-state index in [0.717, 1.165) is 17.9 Å². The van der Waals surface area contributed by atoms with Crippen LogP contribution in [0, 0.1) is 0 Å². The van der Waals surface area contributed by atoms with Crippen molar-refractivity contribution in [3.8, 4) is 0 Å². The molecule has 1 aliphatic rings. The Morgan fingerprint density at radius 1 is 1.19 bits per heavy atom. The molecule has 0 radical (unpaired) electrons. The molecule has 0 N–H and O–H groups in total. The number of amides is 1. The number of aromatic nitrogens is 1. The molecule has 0 bridgehead atoms. The molecule has 1 aromatic carbocycles. The third-order valence-electron chi connectivity index (χ3n) is 3.84. The van der Waals surface area contributed by atoms with E-state index in [9.17, 15) is 4.79 Å². The van der Waals surface area contributed by atoms with Gasteiger partial charge in [0.2, 0.25) is 0 Å². The Balaban J connectivity index is 1.97. The SMILES string of the molecule is CC1Cc2ccccc2N1C(=O)c1cccc(N(C)C)n1. The predicted molar refractivity (Wildman–Crippen MR) is 85.0 cm³/mol. The van der Waals surface area contributed by atoms with Crippen molar-refractivity contribution in [3.63, 3.8) is 0 Å². The van der Waals surface area contributed by atoms with Crippen LogP contribution >= 0.6 is 0 Å². The third kappa shape index (κ3) is 2.37. The summed E-state index contributed by atoms with van der Waals surface area (Å²) < 4.78 is 0. The number of fused-ring (bicyclic) bond motifs is 1. The van der Waals surface area contributed by atoms with E-state index in [0.29, 0.717) is 5.69 Å². The summed E-state index contributed by atoms with van der Waals surface area (Å²) in [4.78, 5) is 21.1. The number of benzene rings is 1. The lowest BCUT2D eigenvalue weighted by Crippen LogP contribution is -2.36. The molecule has 21 heavy (non-hydrogen) atoms. The molecular weight excluding hydrogens is 262 g/mol. The van der Waals surface area contributed by atoms with E-state index in [-0.39, 0.29) is 11.9 Å². The van der Waals surface area contributed by atoms with Gasteiger partial charge in [0.1, 0.15) is 11.5 Å². The number of hydrogen-bond acceptors (Lipinski definition) is 3. The highest BCUT2D eigenvalue weighted by molar-refractivity contribution is 6.06. The molecule has 4 heteroatoms. The van der Waals surface area contributed by atoms with Crippen LogP contribution in [-0.4, -0.2) is 31.0 Å². The molecule has 108 valence electrons. The Morgan fingerprint density at radius 2 is 1.95 bits per heavy atom. The zero-order valence-electron chi connectivity index (χ0n) is 12.6. The van der Waals surface area contributed by atoms with Crippen LogP contribution in [-0.2, 0) is 6.42 Å². The van der Waals surface area contributed by atoms with Gasteiger partial charge in [-0.15, -0.1) is 0 Å². The first-order chi connectivity index (χ1) is 10.1. The van der Waals surface area contributed by atoms with Gasteiger partial charge in [-0.1, -0.05) is 24.3 Å². The molecule has 2 aromatic rings. The maximum atomic E-state index is 12.8. The van der Waals surface area contributed by atoms with Crippen LogP contribution in [0.5, 0.6) is 0 Å². The van der Waals surface area contributed by atoms with Gasteiger partial charge in [-0.2, -0.15) is 0 Å². The maximum Gasteiger partial charge on any atom is 0.277 e. The van der Waals surface area contributed by atoms with Crippen molar-refractivity contribution in [2.75, 3.05) is 23.9 Å². The van der Waals surface area contributed by atoms with Crippen molar-refractivity contribution in [1.29, 1.82) is 0 Å². The first kappa shape index (κ1) is 13.6. The average Bonchev–Trinajstić information content (AvgIpc) is 2.82. The maximum absolute atomic E-state index is 12.8. The molecule has 1 atom stereocenters. The molecule has 1 aromatic heterocycles. The van der Waals surface area contributed by atoms with E-state index >= 15 is 0 Å². The lowest BCUT2D eigenvalue weighted by atomic mass is 10.1. The van der Waals surface area contributed by atoms with Crippen LogP contribution in [0.15, 0.2) is 42.5 Å². The van der Waals surface area contributed by atoms with Crippen LogP contribution in [0.2, 0.25) is 0 Å². The van der Waals surface area contributed by atoms with Gasteiger partial charge in [0.25, 0.3) is 5.91 Å². The number of nitrogens with zero attached hydrogens (tertiary/aromatic N) is 3. The summed E-state index contributed by atoms with van der Waals surface area (Å²) in [5.41, 5.74) is 2.72. The summed E-state index contributed by atoms with van der Waals surface area (Å²) in [7, 11) is 3.84. The van der Waals surface area contributed by atoms with Crippen molar-refractivity contribution in [2.45, 2.75) is 19.4 Å². The highest BCUT2D eigenvalue weighted by Crippen LogP contribution is 2.32. The summed E-state index contributed by atoms with van der Waals surface area (Å²) in [5, 5.41) is 0. The number of hydrogen-bond donors (Lipinski definition) is 0. The number of carbonyl (C=O) groups is 1. The standard InChI is InChI=1S/C17H19N3O/c1-12-11-13-7-4-5-9-15(13)20(12)17(21)14-8-6-10-16(18-14)19(2)3/h4-10,12H,11H2,1-3H3. The van der Waals surface area contributed by atoms with Gasteiger partial charge in [0.15, 0.2) is 0 Å². The van der Waals surface area contributed by atoms with E-state index in [1.807, 2.05) is 54.2 Å². The summed E-state index contributed by atoms with van der Waals surface area (Å²) in [6, 6.07) is 13.8. The molecule has 2 heterocycles. The molecule has 0 aliphatic carbocycles. The Bertz CT molecular complexity index is 681. The second-order valence-corrected chi connectivity index (χ2v) is 5.63. The summed E-state index contributed by atoms with van der Waals surface area (Å²) in [5.74, 6) is 0.761. The number of rotatable bonds is 2. The van der Waals surface area contributed by atoms with Crippen molar-refractivity contribution < 1.29 is 4.79 Å². The lowest BCUT2D eigenvalue weighted by Gasteiger charge is -2.23. The second-order valence-electron chi connectivity index (χ2n) is 5.63.